The normalized spacial score (nSPS) is 18.5. The van der Waals surface area contributed by atoms with Crippen molar-refractivity contribution >= 4 is 40.0 Å². The van der Waals surface area contributed by atoms with Crippen LogP contribution in [0.3, 0.4) is 0 Å². The largest absolute Gasteiger partial charge is 0.687 e. The lowest BCUT2D eigenvalue weighted by atomic mass is 10.2. The van der Waals surface area contributed by atoms with Crippen LogP contribution in [0.5, 0.6) is 0 Å². The van der Waals surface area contributed by atoms with Crippen LogP contribution in [0, 0.1) is 5.41 Å². The van der Waals surface area contributed by atoms with E-state index in [0.29, 0.717) is 23.2 Å². The Hall–Kier alpha value is -2.64. The van der Waals surface area contributed by atoms with Gasteiger partial charge in [-0.2, -0.15) is 6.20 Å². The lowest BCUT2D eigenvalue weighted by Gasteiger charge is -2.15. The molecule has 29 heavy (non-hydrogen) atoms. The van der Waals surface area contributed by atoms with Gasteiger partial charge in [-0.25, -0.2) is 0 Å². The Morgan fingerprint density at radius 2 is 2.10 bits per heavy atom. The van der Waals surface area contributed by atoms with E-state index in [1.165, 1.54) is 11.8 Å². The number of pyridine rings is 1. The Balaban J connectivity index is 1.46. The molecule has 2 aromatic rings. The number of thioether (sulfide) groups is 1. The van der Waals surface area contributed by atoms with Crippen molar-refractivity contribution in [3.63, 3.8) is 0 Å². The van der Waals surface area contributed by atoms with Gasteiger partial charge in [0.15, 0.2) is 0 Å². The highest BCUT2D eigenvalue weighted by atomic mass is 35.5. The molecule has 2 heterocycles. The summed E-state index contributed by atoms with van der Waals surface area (Å²) in [5.74, 6) is -0.0886. The Morgan fingerprint density at radius 3 is 2.83 bits per heavy atom. The van der Waals surface area contributed by atoms with Gasteiger partial charge in [0, 0.05) is 24.0 Å². The molecule has 1 aliphatic heterocycles. The maximum Gasteiger partial charge on any atom is 0.236 e. The summed E-state index contributed by atoms with van der Waals surface area (Å²) in [6.07, 6.45) is 6.62. The first-order valence-corrected chi connectivity index (χ1v) is 10.4. The summed E-state index contributed by atoms with van der Waals surface area (Å²) in [6.45, 7) is 2.82. The molecule has 1 aromatic heterocycles. The van der Waals surface area contributed by atoms with Crippen molar-refractivity contribution in [2.75, 3.05) is 0 Å². The molecule has 150 valence electrons. The van der Waals surface area contributed by atoms with Crippen molar-refractivity contribution in [3.05, 3.63) is 82.5 Å². The van der Waals surface area contributed by atoms with Crippen molar-refractivity contribution in [3.8, 4) is 0 Å². The molecule has 8 heteroatoms. The summed E-state index contributed by atoms with van der Waals surface area (Å²) in [4.78, 5) is 21.0. The van der Waals surface area contributed by atoms with Crippen LogP contribution in [0.15, 0.2) is 66.1 Å². The lowest BCUT2D eigenvalue weighted by molar-refractivity contribution is -0.120. The van der Waals surface area contributed by atoms with Crippen molar-refractivity contribution < 1.29 is 4.79 Å². The van der Waals surface area contributed by atoms with Crippen molar-refractivity contribution in [1.29, 1.82) is 5.41 Å². The van der Waals surface area contributed by atoms with E-state index in [4.69, 9.17) is 17.0 Å². The molecule has 6 nitrogen and oxygen atoms in total. The van der Waals surface area contributed by atoms with E-state index in [1.807, 2.05) is 43.3 Å². The minimum Gasteiger partial charge on any atom is -0.687 e. The van der Waals surface area contributed by atoms with Gasteiger partial charge in [-0.05, 0) is 30.7 Å². The van der Waals surface area contributed by atoms with Gasteiger partial charge in [-0.3, -0.25) is 20.2 Å². The molecule has 1 aromatic carbocycles. The molecule has 1 aliphatic rings. The van der Waals surface area contributed by atoms with E-state index in [-0.39, 0.29) is 22.9 Å². The summed E-state index contributed by atoms with van der Waals surface area (Å²) in [5.41, 5.74) is 2.23. The molecule has 3 rings (SSSR count). The SMILES string of the molecule is CC1N=C(C(=N)/C=C\[N-]Cc2ccc(Cl)cc2)SC1C(=O)NCc1cccnc1. The van der Waals surface area contributed by atoms with E-state index in [0.717, 1.165) is 11.1 Å². The molecule has 2 atom stereocenters. The molecule has 0 saturated carbocycles. The van der Waals surface area contributed by atoms with Gasteiger partial charge in [0.25, 0.3) is 0 Å². The Morgan fingerprint density at radius 1 is 1.31 bits per heavy atom. The quantitative estimate of drug-likeness (QED) is 0.614. The number of amides is 1. The molecule has 1 amide bonds. The number of rotatable bonds is 8. The van der Waals surface area contributed by atoms with Crippen LogP contribution in [0.25, 0.3) is 5.32 Å². The number of nitrogens with zero attached hydrogens (tertiary/aromatic N) is 3. The van der Waals surface area contributed by atoms with Crippen LogP contribution >= 0.6 is 23.4 Å². The number of aromatic nitrogens is 1. The number of benzene rings is 1. The first kappa shape index (κ1) is 21.1. The smallest absolute Gasteiger partial charge is 0.236 e. The molecule has 0 fully saturated rings. The Kier molecular flexibility index (Phi) is 7.43. The van der Waals surface area contributed by atoms with E-state index < -0.39 is 0 Å². The molecule has 0 bridgehead atoms. The maximum atomic E-state index is 12.5. The second kappa shape index (κ2) is 10.2. The van der Waals surface area contributed by atoms with Crippen LogP contribution in [0.4, 0.5) is 0 Å². The fourth-order valence-electron chi connectivity index (χ4n) is 2.65. The number of hydrogen-bond donors (Lipinski definition) is 2. The Labute approximate surface area is 179 Å². The summed E-state index contributed by atoms with van der Waals surface area (Å²) in [6, 6.07) is 11.0. The van der Waals surface area contributed by atoms with Crippen LogP contribution in [0.1, 0.15) is 18.1 Å². The third-order valence-electron chi connectivity index (χ3n) is 4.21. The zero-order chi connectivity index (χ0) is 20.6. The average Bonchev–Trinajstić information content (AvgIpc) is 3.13. The van der Waals surface area contributed by atoms with Gasteiger partial charge in [0.1, 0.15) is 10.3 Å². The summed E-state index contributed by atoms with van der Waals surface area (Å²) < 4.78 is 0. The van der Waals surface area contributed by atoms with Gasteiger partial charge in [0.2, 0.25) is 5.91 Å². The molecule has 2 N–H and O–H groups in total. The molecule has 0 radical (unpaired) electrons. The number of nitrogens with one attached hydrogen (secondary N) is 2. The minimum atomic E-state index is -0.346. The van der Waals surface area contributed by atoms with E-state index in [2.05, 4.69) is 20.6 Å². The van der Waals surface area contributed by atoms with Crippen molar-refractivity contribution in [2.45, 2.75) is 31.3 Å². The van der Waals surface area contributed by atoms with E-state index >= 15 is 0 Å². The predicted octanol–water partition coefficient (Wildman–Crippen LogP) is 4.36. The highest BCUT2D eigenvalue weighted by Crippen LogP contribution is 2.28. The topological polar surface area (TPSA) is 92.3 Å². The third-order valence-corrected chi connectivity index (χ3v) is 5.87. The number of hydrogen-bond acceptors (Lipinski definition) is 5. The fourth-order valence-corrected chi connectivity index (χ4v) is 3.88. The number of carbonyl (C=O) groups excluding carboxylic acids is 1. The summed E-state index contributed by atoms with van der Waals surface area (Å²) in [7, 11) is 0. The second-order valence-electron chi connectivity index (χ2n) is 6.49. The van der Waals surface area contributed by atoms with Crippen LogP contribution in [0.2, 0.25) is 5.02 Å². The standard InChI is InChI=1S/C21H22ClN5OS/c1-14-19(20(28)26-13-16-3-2-9-24-12-16)29-21(27-14)18(23)8-10-25-11-15-4-6-17(22)7-5-15/h2-10,12,14,19H,11,13H2,1H3,(H3,23,25,26,28)/p-1. The van der Waals surface area contributed by atoms with Gasteiger partial charge in [-0.1, -0.05) is 53.2 Å². The molecule has 0 saturated heterocycles. The lowest BCUT2D eigenvalue weighted by Crippen LogP contribution is -2.36. The van der Waals surface area contributed by atoms with Crippen LogP contribution in [-0.2, 0) is 17.9 Å². The van der Waals surface area contributed by atoms with Crippen LogP contribution in [-0.4, -0.2) is 32.9 Å². The van der Waals surface area contributed by atoms with Gasteiger partial charge in [0.05, 0.1) is 11.8 Å². The van der Waals surface area contributed by atoms with Gasteiger partial charge in [-0.15, -0.1) is 6.54 Å². The molecule has 0 spiro atoms. The molecule has 0 aliphatic carbocycles. The molecule has 2 unspecified atom stereocenters. The fraction of sp³-hybridized carbons (Fsp3) is 0.238. The predicted molar refractivity (Wildman–Crippen MR) is 120 cm³/mol. The zero-order valence-corrected chi connectivity index (χ0v) is 17.5. The van der Waals surface area contributed by atoms with E-state index in [1.54, 1.807) is 24.7 Å². The van der Waals surface area contributed by atoms with E-state index in [9.17, 15) is 4.79 Å². The monoisotopic (exact) mass is 426 g/mol. The number of carbonyl (C=O) groups is 1. The van der Waals surface area contributed by atoms with Gasteiger partial charge < -0.3 is 10.6 Å². The minimum absolute atomic E-state index is 0.0886. The van der Waals surface area contributed by atoms with Crippen LogP contribution < -0.4 is 5.32 Å². The number of allylic oxidation sites excluding steroid dienone is 1. The summed E-state index contributed by atoms with van der Waals surface area (Å²) in [5, 5.41) is 16.3. The third kappa shape index (κ3) is 6.17. The summed E-state index contributed by atoms with van der Waals surface area (Å²) >= 11 is 7.18. The second-order valence-corrected chi connectivity index (χ2v) is 8.06. The highest BCUT2D eigenvalue weighted by molar-refractivity contribution is 8.17. The number of aliphatic imine (C=N–C) groups is 1. The zero-order valence-electron chi connectivity index (χ0n) is 15.9. The van der Waals surface area contributed by atoms with Gasteiger partial charge >= 0.3 is 0 Å². The Bertz CT molecular complexity index is 914. The van der Waals surface area contributed by atoms with Crippen molar-refractivity contribution in [1.82, 2.24) is 10.3 Å². The number of halogens is 1. The first-order valence-electron chi connectivity index (χ1n) is 9.10. The first-order chi connectivity index (χ1) is 14.0. The molecular weight excluding hydrogens is 406 g/mol. The average molecular weight is 427 g/mol. The van der Waals surface area contributed by atoms with Crippen molar-refractivity contribution in [2.24, 2.45) is 4.99 Å². The highest BCUT2D eigenvalue weighted by Gasteiger charge is 2.33. The maximum absolute atomic E-state index is 12.5. The molecular formula is C21H21ClN5OS-.